The molecule has 0 amide bonds. The summed E-state index contributed by atoms with van der Waals surface area (Å²) in [6, 6.07) is 0. The van der Waals surface area contributed by atoms with Crippen molar-refractivity contribution in [1.82, 2.24) is 9.55 Å². The maximum absolute atomic E-state index is 12.0. The van der Waals surface area contributed by atoms with Crippen LogP contribution in [0, 0.1) is 0 Å². The number of methoxy groups -OCH3 is 1. The van der Waals surface area contributed by atoms with Gasteiger partial charge >= 0.3 is 5.69 Å². The van der Waals surface area contributed by atoms with Crippen LogP contribution in [0.25, 0.3) is 0 Å². The first-order valence-corrected chi connectivity index (χ1v) is 8.32. The second-order valence-corrected chi connectivity index (χ2v) is 8.06. The fraction of sp³-hybridized carbons (Fsp3) is 0.667. The Morgan fingerprint density at radius 3 is 2.73 bits per heavy atom. The van der Waals surface area contributed by atoms with E-state index in [1.165, 1.54) is 17.9 Å². The van der Waals surface area contributed by atoms with Gasteiger partial charge in [-0.05, 0) is 0 Å². The van der Waals surface area contributed by atoms with Crippen molar-refractivity contribution in [3.63, 3.8) is 0 Å². The summed E-state index contributed by atoms with van der Waals surface area (Å²) in [4.78, 5) is 26.2. The van der Waals surface area contributed by atoms with Crippen molar-refractivity contribution in [2.75, 3.05) is 13.7 Å². The molecule has 1 fully saturated rings. The molecule has 8 nitrogen and oxygen atoms in total. The number of nitrogens with one attached hydrogen (secondary N) is 1. The van der Waals surface area contributed by atoms with Gasteiger partial charge in [0.1, 0.15) is 22.2 Å². The monoisotopic (exact) mass is 442 g/mol. The molecule has 3 N–H and O–H groups in total. The number of aliphatic hydroxyl groups excluding tert-OH is 2. The predicted octanol–water partition coefficient (Wildman–Crippen LogP) is -0.0193. The van der Waals surface area contributed by atoms with Gasteiger partial charge in [0.05, 0.1) is 18.3 Å². The highest BCUT2D eigenvalue weighted by Crippen LogP contribution is 2.30. The molecule has 1 aliphatic heterocycles. The number of aliphatic hydroxyl groups is 2. The molecule has 1 aromatic heterocycles. The van der Waals surface area contributed by atoms with Crippen molar-refractivity contribution >= 4 is 31.9 Å². The number of rotatable bonds is 5. The standard InChI is InChI=1S/C12H16Br2N2O6/c1-21-9(10(13)14)5-3-16(12(20)15-11(5)19)8-2-6(18)7(4-17)22-8/h3,6-10,17-18H,2,4H2,1H3,(H,15,19,20)/t6-,7+,8+,9?/m0/s1. The zero-order valence-electron chi connectivity index (χ0n) is 11.6. The van der Waals surface area contributed by atoms with Gasteiger partial charge in [-0.2, -0.15) is 0 Å². The van der Waals surface area contributed by atoms with Crippen LogP contribution >= 0.6 is 31.9 Å². The van der Waals surface area contributed by atoms with Gasteiger partial charge in [0.15, 0.2) is 0 Å². The number of aromatic amines is 1. The van der Waals surface area contributed by atoms with Crippen LogP contribution in [0.3, 0.4) is 0 Å². The maximum atomic E-state index is 12.0. The largest absolute Gasteiger partial charge is 0.394 e. The van der Waals surface area contributed by atoms with Crippen molar-refractivity contribution in [3.8, 4) is 0 Å². The molecule has 0 aromatic carbocycles. The molecule has 1 saturated heterocycles. The second kappa shape index (κ2) is 7.37. The molecule has 0 spiro atoms. The third kappa shape index (κ3) is 3.52. The summed E-state index contributed by atoms with van der Waals surface area (Å²) in [7, 11) is 1.44. The average molecular weight is 444 g/mol. The minimum absolute atomic E-state index is 0.139. The zero-order chi connectivity index (χ0) is 16.4. The van der Waals surface area contributed by atoms with Gasteiger partial charge in [0.25, 0.3) is 5.56 Å². The van der Waals surface area contributed by atoms with Gasteiger partial charge in [0, 0.05) is 19.7 Å². The highest BCUT2D eigenvalue weighted by atomic mass is 79.9. The van der Waals surface area contributed by atoms with E-state index in [1.54, 1.807) is 0 Å². The number of nitrogens with zero attached hydrogens (tertiary/aromatic N) is 1. The Labute approximate surface area is 142 Å². The van der Waals surface area contributed by atoms with Gasteiger partial charge in [0.2, 0.25) is 0 Å². The Morgan fingerprint density at radius 1 is 1.55 bits per heavy atom. The molecule has 1 aromatic rings. The molecule has 22 heavy (non-hydrogen) atoms. The summed E-state index contributed by atoms with van der Waals surface area (Å²) < 4.78 is 11.5. The van der Waals surface area contributed by atoms with Gasteiger partial charge in [-0.1, -0.05) is 31.9 Å². The molecule has 1 unspecified atom stereocenters. The zero-order valence-corrected chi connectivity index (χ0v) is 14.8. The first kappa shape index (κ1) is 17.8. The Morgan fingerprint density at radius 2 is 2.23 bits per heavy atom. The minimum Gasteiger partial charge on any atom is -0.394 e. The summed E-state index contributed by atoms with van der Waals surface area (Å²) in [5, 5.41) is 18.9. The summed E-state index contributed by atoms with van der Waals surface area (Å²) >= 11 is 6.55. The molecule has 2 rings (SSSR count). The summed E-state index contributed by atoms with van der Waals surface area (Å²) in [6.07, 6.45) is -1.55. The molecule has 0 aliphatic carbocycles. The fourth-order valence-electron chi connectivity index (χ4n) is 2.33. The molecular weight excluding hydrogens is 428 g/mol. The van der Waals surface area contributed by atoms with Crippen LogP contribution < -0.4 is 11.2 Å². The smallest absolute Gasteiger partial charge is 0.330 e. The Kier molecular flexibility index (Phi) is 5.97. The highest BCUT2D eigenvalue weighted by Gasteiger charge is 2.35. The lowest BCUT2D eigenvalue weighted by atomic mass is 10.2. The molecule has 124 valence electrons. The van der Waals surface area contributed by atoms with Crippen molar-refractivity contribution in [2.45, 2.75) is 34.7 Å². The Balaban J connectivity index is 2.41. The number of hydrogen-bond donors (Lipinski definition) is 3. The molecule has 0 radical (unpaired) electrons. The van der Waals surface area contributed by atoms with Crippen molar-refractivity contribution in [2.24, 2.45) is 0 Å². The molecular formula is C12H16Br2N2O6. The van der Waals surface area contributed by atoms with E-state index < -0.39 is 35.8 Å². The molecule has 0 bridgehead atoms. The number of aromatic nitrogens is 2. The van der Waals surface area contributed by atoms with E-state index in [0.717, 1.165) is 0 Å². The Hall–Kier alpha value is -0.520. The van der Waals surface area contributed by atoms with E-state index in [-0.39, 0.29) is 22.3 Å². The third-order valence-electron chi connectivity index (χ3n) is 3.48. The quantitative estimate of drug-likeness (QED) is 0.551. The molecule has 0 saturated carbocycles. The summed E-state index contributed by atoms with van der Waals surface area (Å²) in [5.41, 5.74) is -0.985. The van der Waals surface area contributed by atoms with E-state index in [0.29, 0.717) is 0 Å². The lowest BCUT2D eigenvalue weighted by Crippen LogP contribution is -2.36. The van der Waals surface area contributed by atoms with Crippen LogP contribution in [0.15, 0.2) is 15.8 Å². The van der Waals surface area contributed by atoms with Crippen molar-refractivity contribution in [3.05, 3.63) is 32.6 Å². The van der Waals surface area contributed by atoms with Crippen LogP contribution in [0.4, 0.5) is 0 Å². The minimum atomic E-state index is -0.879. The van der Waals surface area contributed by atoms with Crippen LogP contribution in [-0.4, -0.2) is 49.4 Å². The van der Waals surface area contributed by atoms with E-state index in [9.17, 15) is 14.7 Å². The van der Waals surface area contributed by atoms with Crippen LogP contribution in [0.5, 0.6) is 0 Å². The van der Waals surface area contributed by atoms with Crippen LogP contribution in [-0.2, 0) is 9.47 Å². The van der Waals surface area contributed by atoms with Gasteiger partial charge < -0.3 is 19.7 Å². The lowest BCUT2D eigenvalue weighted by molar-refractivity contribution is -0.0461. The predicted molar refractivity (Wildman–Crippen MR) is 84.3 cm³/mol. The maximum Gasteiger partial charge on any atom is 0.330 e. The normalized spacial score (nSPS) is 26.5. The van der Waals surface area contributed by atoms with Gasteiger partial charge in [-0.3, -0.25) is 14.3 Å². The lowest BCUT2D eigenvalue weighted by Gasteiger charge is -2.19. The average Bonchev–Trinajstić information content (AvgIpc) is 2.82. The topological polar surface area (TPSA) is 114 Å². The van der Waals surface area contributed by atoms with E-state index in [1.807, 2.05) is 0 Å². The molecule has 10 heteroatoms. The van der Waals surface area contributed by atoms with E-state index in [4.69, 9.17) is 14.6 Å². The highest BCUT2D eigenvalue weighted by molar-refractivity contribution is 9.24. The van der Waals surface area contributed by atoms with Crippen molar-refractivity contribution < 1.29 is 19.7 Å². The fourth-order valence-corrected chi connectivity index (χ4v) is 3.33. The first-order valence-electron chi connectivity index (χ1n) is 6.49. The SMILES string of the molecule is COC(c1cn([C@H]2C[C@H](O)[C@@H](CO)O2)c(=O)[nH]c1=O)C(Br)Br. The van der Waals surface area contributed by atoms with Gasteiger partial charge in [-0.15, -0.1) is 0 Å². The van der Waals surface area contributed by atoms with Crippen LogP contribution in [0.1, 0.15) is 24.3 Å². The number of ether oxygens (including phenoxy) is 2. The molecule has 2 heterocycles. The van der Waals surface area contributed by atoms with Crippen LogP contribution in [0.2, 0.25) is 0 Å². The van der Waals surface area contributed by atoms with Gasteiger partial charge in [-0.25, -0.2) is 4.79 Å². The van der Waals surface area contributed by atoms with Crippen molar-refractivity contribution in [1.29, 1.82) is 0 Å². The third-order valence-corrected chi connectivity index (χ3v) is 4.44. The Bertz CT molecular complexity index is 631. The number of halogens is 2. The second-order valence-electron chi connectivity index (χ2n) is 4.86. The molecule has 4 atom stereocenters. The molecule has 1 aliphatic rings. The van der Waals surface area contributed by atoms with E-state index in [2.05, 4.69) is 36.8 Å². The number of H-pyrrole nitrogens is 1. The number of hydrogen-bond acceptors (Lipinski definition) is 6. The summed E-state index contributed by atoms with van der Waals surface area (Å²) in [5.74, 6) is 0. The van der Waals surface area contributed by atoms with E-state index >= 15 is 0 Å². The first-order chi connectivity index (χ1) is 10.4. The number of alkyl halides is 2. The summed E-state index contributed by atoms with van der Waals surface area (Å²) in [6.45, 7) is -0.353.